The summed E-state index contributed by atoms with van der Waals surface area (Å²) in [5.41, 5.74) is 1.33. The second-order valence-electron chi connectivity index (χ2n) is 7.08. The van der Waals surface area contributed by atoms with Crippen LogP contribution in [-0.2, 0) is 26.1 Å². The van der Waals surface area contributed by atoms with Gasteiger partial charge in [-0.05, 0) is 41.5 Å². The van der Waals surface area contributed by atoms with E-state index in [4.69, 9.17) is 9.47 Å². The molecule has 0 N–H and O–H groups in total. The highest BCUT2D eigenvalue weighted by atomic mass is 32.2. The van der Waals surface area contributed by atoms with E-state index in [1.165, 1.54) is 46.7 Å². The molecular formula is C22H25FN2O5S. The second kappa shape index (κ2) is 10.0. The fourth-order valence-electron chi connectivity index (χ4n) is 3.14. The van der Waals surface area contributed by atoms with Crippen molar-refractivity contribution in [3.63, 3.8) is 0 Å². The number of benzene rings is 2. The molecule has 3 rings (SSSR count). The Kier molecular flexibility index (Phi) is 7.42. The molecule has 0 aromatic heterocycles. The molecule has 9 heteroatoms. The van der Waals surface area contributed by atoms with Crippen LogP contribution in [0.3, 0.4) is 0 Å². The molecule has 1 aliphatic heterocycles. The largest absolute Gasteiger partial charge is 0.494 e. The van der Waals surface area contributed by atoms with Gasteiger partial charge in [0.2, 0.25) is 15.9 Å². The van der Waals surface area contributed by atoms with Gasteiger partial charge in [0.15, 0.2) is 11.6 Å². The van der Waals surface area contributed by atoms with Gasteiger partial charge in [0, 0.05) is 32.8 Å². The number of hydrogen-bond donors (Lipinski definition) is 0. The lowest BCUT2D eigenvalue weighted by molar-refractivity contribution is -0.125. The fraction of sp³-hybridized carbons (Fsp3) is 0.318. The number of carbonyl (C=O) groups is 1. The van der Waals surface area contributed by atoms with Crippen LogP contribution in [0.2, 0.25) is 0 Å². The predicted octanol–water partition coefficient (Wildman–Crippen LogP) is 2.53. The minimum Gasteiger partial charge on any atom is -0.494 e. The molecule has 0 saturated carbocycles. The molecule has 1 fully saturated rings. The van der Waals surface area contributed by atoms with E-state index in [1.54, 1.807) is 31.3 Å². The van der Waals surface area contributed by atoms with Crippen molar-refractivity contribution in [3.05, 3.63) is 65.5 Å². The van der Waals surface area contributed by atoms with Gasteiger partial charge >= 0.3 is 0 Å². The van der Waals surface area contributed by atoms with E-state index in [-0.39, 0.29) is 23.1 Å². The van der Waals surface area contributed by atoms with Crippen molar-refractivity contribution in [2.75, 3.05) is 40.5 Å². The van der Waals surface area contributed by atoms with Gasteiger partial charge in [0.05, 0.1) is 25.2 Å². The number of sulfonamides is 1. The molecule has 2 aromatic rings. The molecule has 0 aliphatic carbocycles. The van der Waals surface area contributed by atoms with Crippen LogP contribution < -0.4 is 4.74 Å². The zero-order valence-electron chi connectivity index (χ0n) is 17.5. The molecule has 0 unspecified atom stereocenters. The number of likely N-dealkylation sites (N-methyl/N-ethyl adjacent to an activating group) is 1. The van der Waals surface area contributed by atoms with Crippen LogP contribution in [0, 0.1) is 5.82 Å². The van der Waals surface area contributed by atoms with Crippen molar-refractivity contribution >= 4 is 22.0 Å². The van der Waals surface area contributed by atoms with E-state index in [9.17, 15) is 17.6 Å². The number of carbonyl (C=O) groups excluding carboxylic acids is 1. The minimum absolute atomic E-state index is 0.150. The van der Waals surface area contributed by atoms with Crippen LogP contribution in [0.1, 0.15) is 11.1 Å². The Labute approximate surface area is 181 Å². The molecule has 0 atom stereocenters. The van der Waals surface area contributed by atoms with Crippen molar-refractivity contribution in [1.29, 1.82) is 0 Å². The van der Waals surface area contributed by atoms with E-state index >= 15 is 0 Å². The summed E-state index contributed by atoms with van der Waals surface area (Å²) in [7, 11) is -0.542. The maximum atomic E-state index is 13.8. The first-order chi connectivity index (χ1) is 14.8. The number of methoxy groups -OCH3 is 1. The lowest BCUT2D eigenvalue weighted by Crippen LogP contribution is -2.40. The molecule has 7 nitrogen and oxygen atoms in total. The zero-order valence-corrected chi connectivity index (χ0v) is 18.3. The van der Waals surface area contributed by atoms with Crippen LogP contribution in [0.15, 0.2) is 53.4 Å². The topological polar surface area (TPSA) is 76.2 Å². The van der Waals surface area contributed by atoms with Crippen molar-refractivity contribution in [1.82, 2.24) is 9.21 Å². The third kappa shape index (κ3) is 5.69. The first-order valence-electron chi connectivity index (χ1n) is 9.75. The van der Waals surface area contributed by atoms with E-state index in [0.29, 0.717) is 37.4 Å². The van der Waals surface area contributed by atoms with E-state index in [2.05, 4.69) is 0 Å². The van der Waals surface area contributed by atoms with Gasteiger partial charge in [-0.25, -0.2) is 12.8 Å². The summed E-state index contributed by atoms with van der Waals surface area (Å²) in [5, 5.41) is 0. The summed E-state index contributed by atoms with van der Waals surface area (Å²) in [5.74, 6) is -0.596. The number of hydrogen-bond acceptors (Lipinski definition) is 5. The highest BCUT2D eigenvalue weighted by molar-refractivity contribution is 7.89. The second-order valence-corrected chi connectivity index (χ2v) is 9.02. The highest BCUT2D eigenvalue weighted by Crippen LogP contribution is 2.20. The first-order valence-corrected chi connectivity index (χ1v) is 11.2. The molecule has 1 amide bonds. The maximum absolute atomic E-state index is 13.8. The average molecular weight is 449 g/mol. The summed E-state index contributed by atoms with van der Waals surface area (Å²) >= 11 is 0. The zero-order chi connectivity index (χ0) is 22.4. The normalized spacial score (nSPS) is 15.2. The Bertz CT molecular complexity index is 1050. The number of nitrogens with zero attached hydrogens (tertiary/aromatic N) is 2. The maximum Gasteiger partial charge on any atom is 0.246 e. The van der Waals surface area contributed by atoms with Gasteiger partial charge in [-0.15, -0.1) is 0 Å². The van der Waals surface area contributed by atoms with Crippen LogP contribution in [0.4, 0.5) is 4.39 Å². The lowest BCUT2D eigenvalue weighted by Gasteiger charge is -2.26. The van der Waals surface area contributed by atoms with Crippen LogP contribution >= 0.6 is 0 Å². The monoisotopic (exact) mass is 448 g/mol. The van der Waals surface area contributed by atoms with Crippen molar-refractivity contribution in [2.24, 2.45) is 0 Å². The quantitative estimate of drug-likeness (QED) is 0.609. The van der Waals surface area contributed by atoms with Crippen molar-refractivity contribution in [2.45, 2.75) is 11.4 Å². The summed E-state index contributed by atoms with van der Waals surface area (Å²) in [6.07, 6.45) is 3.00. The molecule has 2 aromatic carbocycles. The molecule has 1 aliphatic rings. The van der Waals surface area contributed by atoms with Crippen LogP contribution in [0.5, 0.6) is 5.75 Å². The van der Waals surface area contributed by atoms with Crippen LogP contribution in [0.25, 0.3) is 6.08 Å². The van der Waals surface area contributed by atoms with Gasteiger partial charge in [-0.2, -0.15) is 4.31 Å². The van der Waals surface area contributed by atoms with Gasteiger partial charge < -0.3 is 14.4 Å². The molecule has 1 heterocycles. The van der Waals surface area contributed by atoms with Gasteiger partial charge in [0.25, 0.3) is 0 Å². The Morgan fingerprint density at radius 2 is 1.87 bits per heavy atom. The number of morpholine rings is 1. The highest BCUT2D eigenvalue weighted by Gasteiger charge is 2.25. The average Bonchev–Trinajstić information content (AvgIpc) is 2.78. The van der Waals surface area contributed by atoms with Gasteiger partial charge in [-0.3, -0.25) is 4.79 Å². The molecule has 1 saturated heterocycles. The molecule has 166 valence electrons. The molecule has 0 radical (unpaired) electrons. The van der Waals surface area contributed by atoms with Crippen molar-refractivity contribution < 1.29 is 27.1 Å². The van der Waals surface area contributed by atoms with Gasteiger partial charge in [0.1, 0.15) is 0 Å². The Hall–Kier alpha value is -2.75. The van der Waals surface area contributed by atoms with Crippen LogP contribution in [-0.4, -0.2) is 64.0 Å². The summed E-state index contributed by atoms with van der Waals surface area (Å²) in [6, 6.07) is 10.9. The Balaban J connectivity index is 1.61. The summed E-state index contributed by atoms with van der Waals surface area (Å²) in [4.78, 5) is 14.0. The van der Waals surface area contributed by atoms with E-state index in [0.717, 1.165) is 0 Å². The van der Waals surface area contributed by atoms with Gasteiger partial charge in [-0.1, -0.05) is 18.2 Å². The number of rotatable bonds is 7. The van der Waals surface area contributed by atoms with Crippen molar-refractivity contribution in [3.8, 4) is 5.75 Å². The Morgan fingerprint density at radius 1 is 1.19 bits per heavy atom. The fourth-order valence-corrected chi connectivity index (χ4v) is 4.55. The third-order valence-corrected chi connectivity index (χ3v) is 6.83. The molecule has 31 heavy (non-hydrogen) atoms. The first kappa shape index (κ1) is 22.9. The number of amides is 1. The van der Waals surface area contributed by atoms with E-state index in [1.807, 2.05) is 0 Å². The Morgan fingerprint density at radius 3 is 2.48 bits per heavy atom. The number of ether oxygens (including phenoxy) is 2. The molecule has 0 spiro atoms. The molecule has 0 bridgehead atoms. The molecular weight excluding hydrogens is 423 g/mol. The summed E-state index contributed by atoms with van der Waals surface area (Å²) < 4.78 is 50.6. The summed E-state index contributed by atoms with van der Waals surface area (Å²) in [6.45, 7) is 1.68. The predicted molar refractivity (Wildman–Crippen MR) is 114 cm³/mol. The minimum atomic E-state index is -3.55. The SMILES string of the molecule is COc1ccc(CN(C)C(=O)C=Cc2ccc(S(=O)(=O)N3CCOCC3)cc2)cc1F. The smallest absolute Gasteiger partial charge is 0.246 e. The van der Waals surface area contributed by atoms with E-state index < -0.39 is 15.8 Å². The third-order valence-electron chi connectivity index (χ3n) is 4.92. The standard InChI is InChI=1S/C22H25FN2O5S/c1-24(16-18-5-9-21(29-2)20(23)15-18)22(26)10-6-17-3-7-19(8-4-17)31(27,28)25-11-13-30-14-12-25/h3-10,15H,11-14,16H2,1-2H3. The number of halogens is 1. The lowest BCUT2D eigenvalue weighted by atomic mass is 10.2.